The fourth-order valence-electron chi connectivity index (χ4n) is 3.78. The lowest BCUT2D eigenvalue weighted by Gasteiger charge is -2.26. The summed E-state index contributed by atoms with van der Waals surface area (Å²) in [5, 5.41) is 9.65. The second-order valence-electron chi connectivity index (χ2n) is 6.17. The van der Waals surface area contributed by atoms with Crippen LogP contribution in [-0.2, 0) is 14.3 Å². The van der Waals surface area contributed by atoms with Gasteiger partial charge < -0.3 is 9.84 Å². The lowest BCUT2D eigenvalue weighted by molar-refractivity contribution is -0.128. The zero-order valence-electron chi connectivity index (χ0n) is 12.4. The van der Waals surface area contributed by atoms with Crippen LogP contribution in [0.1, 0.15) is 17.3 Å². The molecule has 3 heterocycles. The molecule has 2 fully saturated rings. The van der Waals surface area contributed by atoms with Crippen LogP contribution in [0.25, 0.3) is 0 Å². The Bertz CT molecular complexity index is 753. The number of Topliss-reactive ketones (excluding diaryl/α,β-unsaturated/α-hetero) is 1. The molecule has 3 aliphatic rings. The zero-order chi connectivity index (χ0) is 16.4. The number of amides is 2. The summed E-state index contributed by atoms with van der Waals surface area (Å²) in [6.07, 6.45) is 2.96. The third-order valence-electron chi connectivity index (χ3n) is 4.93. The van der Waals surface area contributed by atoms with E-state index in [-0.39, 0.29) is 24.2 Å². The van der Waals surface area contributed by atoms with Gasteiger partial charge in [0.25, 0.3) is 0 Å². The van der Waals surface area contributed by atoms with Crippen molar-refractivity contribution >= 4 is 23.3 Å². The van der Waals surface area contributed by atoms with Crippen LogP contribution in [0.4, 0.5) is 5.69 Å². The molecule has 2 saturated heterocycles. The average Bonchev–Trinajstić information content (AvgIpc) is 3.19. The normalized spacial score (nSPS) is 34.3. The first kappa shape index (κ1) is 14.3. The summed E-state index contributed by atoms with van der Waals surface area (Å²) < 4.78 is 5.68. The monoisotopic (exact) mass is 313 g/mol. The third-order valence-corrected chi connectivity index (χ3v) is 4.93. The molecule has 4 atom stereocenters. The second kappa shape index (κ2) is 4.59. The SMILES string of the molecule is CC(=O)c1ccc(N2C(=O)[C@@H]3[C@@H](C2=O)[C@@]2(CO)C=C[C@H]3O2)cc1. The number of ether oxygens (including phenoxy) is 1. The Hall–Kier alpha value is -2.31. The summed E-state index contributed by atoms with van der Waals surface area (Å²) >= 11 is 0. The van der Waals surface area contributed by atoms with E-state index in [9.17, 15) is 19.5 Å². The molecule has 4 rings (SSSR count). The number of carbonyl (C=O) groups is 3. The molecule has 0 spiro atoms. The highest BCUT2D eigenvalue weighted by Gasteiger charge is 2.67. The van der Waals surface area contributed by atoms with Crippen molar-refractivity contribution in [2.24, 2.45) is 11.8 Å². The van der Waals surface area contributed by atoms with Crippen molar-refractivity contribution < 1.29 is 24.2 Å². The summed E-state index contributed by atoms with van der Waals surface area (Å²) in [6, 6.07) is 6.37. The third kappa shape index (κ3) is 1.73. The number of aliphatic hydroxyl groups is 1. The molecule has 23 heavy (non-hydrogen) atoms. The summed E-state index contributed by atoms with van der Waals surface area (Å²) in [7, 11) is 0. The second-order valence-corrected chi connectivity index (χ2v) is 6.17. The van der Waals surface area contributed by atoms with Gasteiger partial charge in [-0.25, -0.2) is 4.90 Å². The molecular formula is C17H15NO5. The number of carbonyl (C=O) groups excluding carboxylic acids is 3. The Morgan fingerprint density at radius 2 is 1.96 bits per heavy atom. The zero-order valence-corrected chi connectivity index (χ0v) is 12.4. The molecule has 1 aromatic rings. The van der Waals surface area contributed by atoms with Crippen molar-refractivity contribution in [3.63, 3.8) is 0 Å². The van der Waals surface area contributed by atoms with E-state index in [0.29, 0.717) is 11.3 Å². The summed E-state index contributed by atoms with van der Waals surface area (Å²) in [4.78, 5) is 38.0. The van der Waals surface area contributed by atoms with Gasteiger partial charge in [-0.1, -0.05) is 12.2 Å². The van der Waals surface area contributed by atoms with E-state index in [1.165, 1.54) is 6.92 Å². The van der Waals surface area contributed by atoms with E-state index in [2.05, 4.69) is 0 Å². The Kier molecular flexibility index (Phi) is 2.86. The van der Waals surface area contributed by atoms with Crippen molar-refractivity contribution in [3.8, 4) is 0 Å². The fraction of sp³-hybridized carbons (Fsp3) is 0.353. The van der Waals surface area contributed by atoms with Crippen LogP contribution in [0.5, 0.6) is 0 Å². The number of benzene rings is 1. The smallest absolute Gasteiger partial charge is 0.241 e. The van der Waals surface area contributed by atoms with E-state index >= 15 is 0 Å². The quantitative estimate of drug-likeness (QED) is 0.504. The van der Waals surface area contributed by atoms with Gasteiger partial charge in [0.2, 0.25) is 11.8 Å². The Balaban J connectivity index is 1.72. The van der Waals surface area contributed by atoms with Crippen LogP contribution in [0, 0.1) is 11.8 Å². The number of ketones is 1. The summed E-state index contributed by atoms with van der Waals surface area (Å²) in [5.41, 5.74) is -0.132. The van der Waals surface area contributed by atoms with E-state index in [0.717, 1.165) is 4.90 Å². The molecule has 0 aliphatic carbocycles. The lowest BCUT2D eigenvalue weighted by Crippen LogP contribution is -2.43. The summed E-state index contributed by atoms with van der Waals surface area (Å²) in [6.45, 7) is 1.12. The number of nitrogens with zero attached hydrogens (tertiary/aromatic N) is 1. The number of rotatable bonds is 3. The predicted octanol–water partition coefficient (Wildman–Crippen LogP) is 0.695. The lowest BCUT2D eigenvalue weighted by atomic mass is 9.77. The van der Waals surface area contributed by atoms with Gasteiger partial charge in [-0.15, -0.1) is 0 Å². The fourth-order valence-corrected chi connectivity index (χ4v) is 3.78. The number of imide groups is 1. The van der Waals surface area contributed by atoms with E-state index in [1.54, 1.807) is 36.4 Å². The Morgan fingerprint density at radius 3 is 2.57 bits per heavy atom. The maximum Gasteiger partial charge on any atom is 0.241 e. The number of aliphatic hydroxyl groups excluding tert-OH is 1. The summed E-state index contributed by atoms with van der Waals surface area (Å²) in [5.74, 6) is -2.05. The van der Waals surface area contributed by atoms with Crippen LogP contribution < -0.4 is 4.90 Å². The first-order chi connectivity index (χ1) is 11.0. The first-order valence-electron chi connectivity index (χ1n) is 7.45. The van der Waals surface area contributed by atoms with Gasteiger partial charge in [0.15, 0.2) is 5.78 Å². The molecule has 6 heteroatoms. The molecule has 2 bridgehead atoms. The standard InChI is InChI=1S/C17H15NO5/c1-9(20)10-2-4-11(5-3-10)18-15(21)13-12-6-7-17(8-19,23-12)14(13)16(18)22/h2-7,12-14,19H,8H2,1H3/t12-,13+,14+,17+/m1/s1. The maximum absolute atomic E-state index is 12.8. The van der Waals surface area contributed by atoms with Gasteiger partial charge in [0, 0.05) is 5.56 Å². The van der Waals surface area contributed by atoms with Crippen LogP contribution in [0.2, 0.25) is 0 Å². The number of hydrogen-bond acceptors (Lipinski definition) is 5. The van der Waals surface area contributed by atoms with Gasteiger partial charge in [0.05, 0.1) is 30.2 Å². The molecule has 118 valence electrons. The van der Waals surface area contributed by atoms with Crippen molar-refractivity contribution in [1.29, 1.82) is 0 Å². The van der Waals surface area contributed by atoms with Crippen LogP contribution >= 0.6 is 0 Å². The minimum absolute atomic E-state index is 0.0811. The largest absolute Gasteiger partial charge is 0.393 e. The molecule has 0 saturated carbocycles. The van der Waals surface area contributed by atoms with Crippen LogP contribution in [0.3, 0.4) is 0 Å². The molecule has 6 nitrogen and oxygen atoms in total. The van der Waals surface area contributed by atoms with Gasteiger partial charge in [-0.2, -0.15) is 0 Å². The molecule has 1 N–H and O–H groups in total. The molecule has 0 unspecified atom stereocenters. The molecule has 2 amide bonds. The molecule has 0 radical (unpaired) electrons. The Morgan fingerprint density at radius 1 is 1.26 bits per heavy atom. The van der Waals surface area contributed by atoms with Crippen molar-refractivity contribution in [1.82, 2.24) is 0 Å². The van der Waals surface area contributed by atoms with Gasteiger partial charge in [-0.05, 0) is 31.2 Å². The van der Waals surface area contributed by atoms with Gasteiger partial charge in [-0.3, -0.25) is 14.4 Å². The van der Waals surface area contributed by atoms with E-state index < -0.39 is 23.5 Å². The maximum atomic E-state index is 12.8. The molecule has 1 aromatic carbocycles. The van der Waals surface area contributed by atoms with Crippen molar-refractivity contribution in [3.05, 3.63) is 42.0 Å². The average molecular weight is 313 g/mol. The number of fused-ring (bicyclic) bond motifs is 5. The molecular weight excluding hydrogens is 298 g/mol. The molecule has 0 aromatic heterocycles. The van der Waals surface area contributed by atoms with E-state index in [4.69, 9.17) is 4.74 Å². The van der Waals surface area contributed by atoms with Crippen molar-refractivity contribution in [2.75, 3.05) is 11.5 Å². The van der Waals surface area contributed by atoms with E-state index in [1.807, 2.05) is 0 Å². The van der Waals surface area contributed by atoms with Crippen LogP contribution in [0.15, 0.2) is 36.4 Å². The highest BCUT2D eigenvalue weighted by molar-refractivity contribution is 6.23. The minimum Gasteiger partial charge on any atom is -0.393 e. The number of hydrogen-bond donors (Lipinski definition) is 1. The highest BCUT2D eigenvalue weighted by atomic mass is 16.5. The topological polar surface area (TPSA) is 83.9 Å². The highest BCUT2D eigenvalue weighted by Crippen LogP contribution is 2.52. The first-order valence-corrected chi connectivity index (χ1v) is 7.45. The van der Waals surface area contributed by atoms with Crippen molar-refractivity contribution in [2.45, 2.75) is 18.6 Å². The molecule has 3 aliphatic heterocycles. The van der Waals surface area contributed by atoms with Gasteiger partial charge >= 0.3 is 0 Å². The predicted molar refractivity (Wildman–Crippen MR) is 79.7 cm³/mol. The van der Waals surface area contributed by atoms with Crippen LogP contribution in [-0.4, -0.2) is 41.0 Å². The van der Waals surface area contributed by atoms with Gasteiger partial charge in [0.1, 0.15) is 5.60 Å². The Labute approximate surface area is 132 Å². The number of anilines is 1. The minimum atomic E-state index is -1.09.